The fourth-order valence-electron chi connectivity index (χ4n) is 0.934. The van der Waals surface area contributed by atoms with Crippen molar-refractivity contribution in [3.8, 4) is 0 Å². The van der Waals surface area contributed by atoms with Crippen LogP contribution in [0, 0.1) is 0 Å². The summed E-state index contributed by atoms with van der Waals surface area (Å²) >= 11 is 0. The molecule has 8 nitrogen and oxygen atoms in total. The number of carboxylic acid groups (broad SMARTS) is 2. The van der Waals surface area contributed by atoms with E-state index in [0.29, 0.717) is 13.0 Å². The molecule has 1 unspecified atom stereocenters. The van der Waals surface area contributed by atoms with Gasteiger partial charge in [-0.1, -0.05) is 6.42 Å². The summed E-state index contributed by atoms with van der Waals surface area (Å²) in [7, 11) is 0. The standard InChI is InChI=1S/C8H17N3O3.C2H4O2/c9-4-2-1-3-6(10)8(14)11-5-7(12)13;1-2(3)4/h6H,1-5,9-10H2,(H,11,14)(H,12,13);1H3,(H,3,4). The summed E-state index contributed by atoms with van der Waals surface area (Å²) in [5.74, 6) is -2.34. The van der Waals surface area contributed by atoms with E-state index in [4.69, 9.17) is 26.5 Å². The summed E-state index contributed by atoms with van der Waals surface area (Å²) in [6.07, 6.45) is 2.13. The number of carbonyl (C=O) groups is 3. The zero-order valence-electron chi connectivity index (χ0n) is 10.4. The second kappa shape index (κ2) is 11.8. The molecule has 0 aliphatic carbocycles. The van der Waals surface area contributed by atoms with Gasteiger partial charge in [-0.3, -0.25) is 14.4 Å². The Morgan fingerprint density at radius 3 is 2.11 bits per heavy atom. The molecule has 0 aromatic carbocycles. The summed E-state index contributed by atoms with van der Waals surface area (Å²) in [6, 6.07) is -0.638. The summed E-state index contributed by atoms with van der Waals surface area (Å²) < 4.78 is 0. The highest BCUT2D eigenvalue weighted by Gasteiger charge is 2.12. The molecule has 0 fully saturated rings. The Morgan fingerprint density at radius 1 is 1.22 bits per heavy atom. The third kappa shape index (κ3) is 16.7. The van der Waals surface area contributed by atoms with E-state index < -0.39 is 23.9 Å². The van der Waals surface area contributed by atoms with Gasteiger partial charge in [-0.05, 0) is 19.4 Å². The van der Waals surface area contributed by atoms with Crippen LogP contribution in [-0.2, 0) is 14.4 Å². The Labute approximate surface area is 105 Å². The van der Waals surface area contributed by atoms with Gasteiger partial charge in [-0.25, -0.2) is 0 Å². The molecule has 1 atom stereocenters. The van der Waals surface area contributed by atoms with Crippen LogP contribution in [-0.4, -0.2) is 47.2 Å². The van der Waals surface area contributed by atoms with Crippen LogP contribution in [0.3, 0.4) is 0 Å². The van der Waals surface area contributed by atoms with Crippen molar-refractivity contribution in [2.75, 3.05) is 13.1 Å². The minimum absolute atomic E-state index is 0.385. The molecule has 0 heterocycles. The number of carboxylic acids is 2. The van der Waals surface area contributed by atoms with Gasteiger partial charge in [0.15, 0.2) is 0 Å². The van der Waals surface area contributed by atoms with E-state index in [0.717, 1.165) is 19.8 Å². The number of aliphatic carboxylic acids is 2. The van der Waals surface area contributed by atoms with Crippen LogP contribution in [0.4, 0.5) is 0 Å². The largest absolute Gasteiger partial charge is 0.481 e. The Morgan fingerprint density at radius 2 is 1.72 bits per heavy atom. The van der Waals surface area contributed by atoms with Crippen molar-refractivity contribution in [1.82, 2.24) is 5.32 Å². The molecule has 0 bridgehead atoms. The molecule has 0 aromatic rings. The van der Waals surface area contributed by atoms with Crippen molar-refractivity contribution in [1.29, 1.82) is 0 Å². The van der Waals surface area contributed by atoms with Crippen LogP contribution >= 0.6 is 0 Å². The molecule has 0 aromatic heterocycles. The molecule has 0 aliphatic rings. The zero-order valence-corrected chi connectivity index (χ0v) is 10.4. The van der Waals surface area contributed by atoms with Gasteiger partial charge in [0.25, 0.3) is 5.97 Å². The predicted octanol–water partition coefficient (Wildman–Crippen LogP) is -1.27. The third-order valence-electron chi connectivity index (χ3n) is 1.72. The second-order valence-electron chi connectivity index (χ2n) is 3.52. The minimum atomic E-state index is -1.08. The van der Waals surface area contributed by atoms with Gasteiger partial charge in [-0.2, -0.15) is 0 Å². The van der Waals surface area contributed by atoms with E-state index in [1.165, 1.54) is 0 Å². The maximum absolute atomic E-state index is 11.1. The smallest absolute Gasteiger partial charge is 0.322 e. The molecular formula is C10H21N3O5. The van der Waals surface area contributed by atoms with Crippen molar-refractivity contribution in [2.45, 2.75) is 32.2 Å². The lowest BCUT2D eigenvalue weighted by Gasteiger charge is -2.10. The third-order valence-corrected chi connectivity index (χ3v) is 1.72. The van der Waals surface area contributed by atoms with E-state index in [9.17, 15) is 9.59 Å². The van der Waals surface area contributed by atoms with Crippen LogP contribution < -0.4 is 16.8 Å². The number of rotatable bonds is 7. The van der Waals surface area contributed by atoms with Crippen molar-refractivity contribution in [3.63, 3.8) is 0 Å². The average molecular weight is 263 g/mol. The number of hydrogen-bond acceptors (Lipinski definition) is 5. The molecule has 0 saturated heterocycles. The van der Waals surface area contributed by atoms with E-state index in [1.54, 1.807) is 0 Å². The lowest BCUT2D eigenvalue weighted by Crippen LogP contribution is -2.42. The normalized spacial score (nSPS) is 10.8. The molecule has 8 heteroatoms. The van der Waals surface area contributed by atoms with Gasteiger partial charge in [-0.15, -0.1) is 0 Å². The molecule has 0 radical (unpaired) electrons. The zero-order chi connectivity index (χ0) is 14.6. The van der Waals surface area contributed by atoms with Crippen LogP contribution in [0.5, 0.6) is 0 Å². The predicted molar refractivity (Wildman–Crippen MR) is 64.8 cm³/mol. The highest BCUT2D eigenvalue weighted by molar-refractivity contribution is 5.84. The van der Waals surface area contributed by atoms with E-state index in [1.807, 2.05) is 0 Å². The summed E-state index contributed by atoms with van der Waals surface area (Å²) in [5.41, 5.74) is 10.8. The first-order valence-corrected chi connectivity index (χ1v) is 5.46. The second-order valence-corrected chi connectivity index (χ2v) is 3.52. The first kappa shape index (κ1) is 18.7. The summed E-state index contributed by atoms with van der Waals surface area (Å²) in [4.78, 5) is 30.2. The number of nitrogens with one attached hydrogen (secondary N) is 1. The minimum Gasteiger partial charge on any atom is -0.481 e. The van der Waals surface area contributed by atoms with E-state index in [2.05, 4.69) is 5.32 Å². The Hall–Kier alpha value is -1.67. The Kier molecular flexibility index (Phi) is 12.3. The Bertz CT molecular complexity index is 266. The Balaban J connectivity index is 0. The maximum Gasteiger partial charge on any atom is 0.322 e. The van der Waals surface area contributed by atoms with Crippen molar-refractivity contribution >= 4 is 17.8 Å². The van der Waals surface area contributed by atoms with Gasteiger partial charge in [0, 0.05) is 6.92 Å². The molecular weight excluding hydrogens is 242 g/mol. The molecule has 0 spiro atoms. The molecule has 1 amide bonds. The highest BCUT2D eigenvalue weighted by atomic mass is 16.4. The van der Waals surface area contributed by atoms with Gasteiger partial charge in [0.1, 0.15) is 6.54 Å². The van der Waals surface area contributed by atoms with Crippen LogP contribution in [0.2, 0.25) is 0 Å². The molecule has 0 rings (SSSR count). The number of nitrogens with two attached hydrogens (primary N) is 2. The van der Waals surface area contributed by atoms with Gasteiger partial charge >= 0.3 is 5.97 Å². The lowest BCUT2D eigenvalue weighted by molar-refractivity contribution is -0.138. The first-order valence-electron chi connectivity index (χ1n) is 5.46. The average Bonchev–Trinajstić information content (AvgIpc) is 2.25. The fraction of sp³-hybridized carbons (Fsp3) is 0.700. The van der Waals surface area contributed by atoms with Gasteiger partial charge in [0.05, 0.1) is 6.04 Å². The van der Waals surface area contributed by atoms with E-state index >= 15 is 0 Å². The number of amides is 1. The quantitative estimate of drug-likeness (QED) is 0.358. The number of carbonyl (C=O) groups excluding carboxylic acids is 1. The van der Waals surface area contributed by atoms with Gasteiger partial charge in [0.2, 0.25) is 5.91 Å². The molecule has 7 N–H and O–H groups in total. The molecule has 0 aliphatic heterocycles. The molecule has 18 heavy (non-hydrogen) atoms. The summed E-state index contributed by atoms with van der Waals surface area (Å²) in [6.45, 7) is 1.27. The molecule has 0 saturated carbocycles. The maximum atomic E-state index is 11.1. The van der Waals surface area contributed by atoms with Crippen molar-refractivity contribution < 1.29 is 24.6 Å². The fourth-order valence-corrected chi connectivity index (χ4v) is 0.934. The molecule has 106 valence electrons. The van der Waals surface area contributed by atoms with Crippen molar-refractivity contribution in [3.05, 3.63) is 0 Å². The topological polar surface area (TPSA) is 156 Å². The van der Waals surface area contributed by atoms with Crippen LogP contribution in [0.1, 0.15) is 26.2 Å². The van der Waals surface area contributed by atoms with Gasteiger partial charge < -0.3 is 27.0 Å². The number of hydrogen-bond donors (Lipinski definition) is 5. The van der Waals surface area contributed by atoms with Crippen LogP contribution in [0.15, 0.2) is 0 Å². The number of unbranched alkanes of at least 4 members (excludes halogenated alkanes) is 1. The monoisotopic (exact) mass is 263 g/mol. The van der Waals surface area contributed by atoms with Crippen molar-refractivity contribution in [2.24, 2.45) is 11.5 Å². The SMILES string of the molecule is CC(=O)O.NCCCCC(N)C(=O)NCC(=O)O. The van der Waals surface area contributed by atoms with E-state index in [-0.39, 0.29) is 6.54 Å². The lowest BCUT2D eigenvalue weighted by atomic mass is 10.1. The highest BCUT2D eigenvalue weighted by Crippen LogP contribution is 1.97. The first-order chi connectivity index (χ1) is 8.31. The summed E-state index contributed by atoms with van der Waals surface area (Å²) in [5, 5.41) is 17.9. The van der Waals surface area contributed by atoms with Crippen LogP contribution in [0.25, 0.3) is 0 Å².